The van der Waals surface area contributed by atoms with E-state index in [1.165, 1.54) is 19.3 Å². The number of hydrogen-bond acceptors (Lipinski definition) is 2. The lowest BCUT2D eigenvalue weighted by Gasteiger charge is -2.44. The van der Waals surface area contributed by atoms with Gasteiger partial charge in [-0.15, -0.1) is 23.4 Å². The van der Waals surface area contributed by atoms with Crippen molar-refractivity contribution >= 4 is 23.4 Å². The van der Waals surface area contributed by atoms with Gasteiger partial charge >= 0.3 is 0 Å². The first-order chi connectivity index (χ1) is 7.57. The smallest absolute Gasteiger partial charge is 0.117 e. The second kappa shape index (κ2) is 5.07. The van der Waals surface area contributed by atoms with Crippen LogP contribution in [0.15, 0.2) is 0 Å². The highest BCUT2D eigenvalue weighted by Crippen LogP contribution is 2.53. The summed E-state index contributed by atoms with van der Waals surface area (Å²) < 4.78 is 6.31. The lowest BCUT2D eigenvalue weighted by Crippen LogP contribution is -2.43. The molecular weight excluding hydrogens is 240 g/mol. The van der Waals surface area contributed by atoms with Gasteiger partial charge in [-0.05, 0) is 30.6 Å². The van der Waals surface area contributed by atoms with E-state index >= 15 is 0 Å². The first kappa shape index (κ1) is 13.0. The molecule has 2 fully saturated rings. The predicted molar refractivity (Wildman–Crippen MR) is 72.1 cm³/mol. The fourth-order valence-electron chi connectivity index (χ4n) is 3.23. The van der Waals surface area contributed by atoms with E-state index in [0.717, 1.165) is 11.7 Å². The SMILES string of the molecule is CC(C)[C@H]1CC[C@@H](C)C[C@]12O[C@@H](CCl)CS2. The van der Waals surface area contributed by atoms with Crippen LogP contribution >= 0.6 is 23.4 Å². The average molecular weight is 263 g/mol. The van der Waals surface area contributed by atoms with Crippen molar-refractivity contribution in [1.82, 2.24) is 0 Å². The Kier molecular flexibility index (Phi) is 4.14. The summed E-state index contributed by atoms with van der Waals surface area (Å²) in [7, 11) is 0. The van der Waals surface area contributed by atoms with Gasteiger partial charge < -0.3 is 4.74 Å². The van der Waals surface area contributed by atoms with Crippen molar-refractivity contribution in [3.05, 3.63) is 0 Å². The molecule has 1 nitrogen and oxygen atoms in total. The lowest BCUT2D eigenvalue weighted by molar-refractivity contribution is -0.0772. The zero-order valence-electron chi connectivity index (χ0n) is 10.5. The minimum absolute atomic E-state index is 0.0887. The zero-order chi connectivity index (χ0) is 11.8. The van der Waals surface area contributed by atoms with Gasteiger partial charge in [-0.2, -0.15) is 0 Å². The normalized spacial score (nSPS) is 44.4. The summed E-state index contributed by atoms with van der Waals surface area (Å²) in [6.07, 6.45) is 4.17. The number of ether oxygens (including phenoxy) is 1. The molecule has 3 heteroatoms. The molecule has 94 valence electrons. The Hall–Kier alpha value is 0.600. The van der Waals surface area contributed by atoms with Gasteiger partial charge in [-0.25, -0.2) is 0 Å². The van der Waals surface area contributed by atoms with Crippen LogP contribution in [-0.4, -0.2) is 22.7 Å². The molecule has 1 aliphatic carbocycles. The summed E-state index contributed by atoms with van der Waals surface area (Å²) in [6, 6.07) is 0. The Bertz CT molecular complexity index is 246. The highest BCUT2D eigenvalue weighted by molar-refractivity contribution is 8.00. The Labute approximate surface area is 109 Å². The average Bonchev–Trinajstić information content (AvgIpc) is 2.61. The van der Waals surface area contributed by atoms with E-state index in [-0.39, 0.29) is 11.0 Å². The van der Waals surface area contributed by atoms with Crippen molar-refractivity contribution in [2.45, 2.75) is 51.1 Å². The Morgan fingerprint density at radius 1 is 1.44 bits per heavy atom. The second-order valence-electron chi connectivity index (χ2n) is 5.75. The van der Waals surface area contributed by atoms with E-state index in [2.05, 4.69) is 20.8 Å². The molecule has 1 saturated carbocycles. The van der Waals surface area contributed by atoms with Crippen LogP contribution in [0.25, 0.3) is 0 Å². The highest BCUT2D eigenvalue weighted by Gasteiger charge is 2.50. The summed E-state index contributed by atoms with van der Waals surface area (Å²) in [5, 5.41) is 0. The fourth-order valence-corrected chi connectivity index (χ4v) is 5.39. The molecule has 0 aromatic carbocycles. The standard InChI is InChI=1S/C13H23ClOS/c1-9(2)12-5-4-10(3)6-13(12)15-11(7-14)8-16-13/h9-12H,4-8H2,1-3H3/t10-,11+,12-,13-/m1/s1. The van der Waals surface area contributed by atoms with Crippen molar-refractivity contribution in [3.8, 4) is 0 Å². The molecule has 1 aliphatic heterocycles. The Balaban J connectivity index is 2.13. The minimum Gasteiger partial charge on any atom is -0.359 e. The van der Waals surface area contributed by atoms with Crippen molar-refractivity contribution in [2.75, 3.05) is 11.6 Å². The maximum Gasteiger partial charge on any atom is 0.117 e. The number of alkyl halides is 1. The summed E-state index contributed by atoms with van der Waals surface area (Å²) >= 11 is 7.97. The summed E-state index contributed by atoms with van der Waals surface area (Å²) in [4.78, 5) is 0.0887. The van der Waals surface area contributed by atoms with Crippen molar-refractivity contribution in [2.24, 2.45) is 17.8 Å². The van der Waals surface area contributed by atoms with Crippen LogP contribution in [-0.2, 0) is 4.74 Å². The van der Waals surface area contributed by atoms with Crippen LogP contribution in [0.5, 0.6) is 0 Å². The fraction of sp³-hybridized carbons (Fsp3) is 1.00. The van der Waals surface area contributed by atoms with E-state index in [1.807, 2.05) is 11.8 Å². The third-order valence-electron chi connectivity index (χ3n) is 4.02. The molecule has 0 amide bonds. The van der Waals surface area contributed by atoms with E-state index < -0.39 is 0 Å². The third kappa shape index (κ3) is 2.39. The molecule has 1 saturated heterocycles. The van der Waals surface area contributed by atoms with Gasteiger partial charge in [-0.1, -0.05) is 27.2 Å². The van der Waals surface area contributed by atoms with Crippen molar-refractivity contribution in [1.29, 1.82) is 0 Å². The predicted octanol–water partition coefficient (Wildman–Crippen LogP) is 4.15. The molecule has 0 unspecified atom stereocenters. The Morgan fingerprint density at radius 2 is 2.19 bits per heavy atom. The molecule has 0 aromatic rings. The summed E-state index contributed by atoms with van der Waals surface area (Å²) in [6.45, 7) is 7.02. The lowest BCUT2D eigenvalue weighted by atomic mass is 9.75. The van der Waals surface area contributed by atoms with Crippen molar-refractivity contribution < 1.29 is 4.74 Å². The maximum absolute atomic E-state index is 6.31. The number of thioether (sulfide) groups is 1. The van der Waals surface area contributed by atoms with Gasteiger partial charge in [0.05, 0.1) is 6.10 Å². The van der Waals surface area contributed by atoms with Gasteiger partial charge in [0.2, 0.25) is 0 Å². The van der Waals surface area contributed by atoms with Gasteiger partial charge in [0, 0.05) is 11.6 Å². The summed E-state index contributed by atoms with van der Waals surface area (Å²) in [5.74, 6) is 3.96. The van der Waals surface area contributed by atoms with Crippen LogP contribution in [0.3, 0.4) is 0 Å². The van der Waals surface area contributed by atoms with Crippen molar-refractivity contribution in [3.63, 3.8) is 0 Å². The zero-order valence-corrected chi connectivity index (χ0v) is 12.1. The first-order valence-corrected chi connectivity index (χ1v) is 7.97. The molecule has 0 aromatic heterocycles. The molecule has 2 rings (SSSR count). The highest BCUT2D eigenvalue weighted by atomic mass is 35.5. The molecule has 0 N–H and O–H groups in total. The molecule has 2 aliphatic rings. The molecule has 1 heterocycles. The monoisotopic (exact) mass is 262 g/mol. The molecule has 0 radical (unpaired) electrons. The molecule has 4 atom stereocenters. The maximum atomic E-state index is 6.31. The van der Waals surface area contributed by atoms with Crippen LogP contribution in [0.4, 0.5) is 0 Å². The topological polar surface area (TPSA) is 9.23 Å². The molecule has 16 heavy (non-hydrogen) atoms. The number of hydrogen-bond donors (Lipinski definition) is 0. The summed E-state index contributed by atoms with van der Waals surface area (Å²) in [5.41, 5.74) is 0. The van der Waals surface area contributed by atoms with Crippen LogP contribution in [0, 0.1) is 17.8 Å². The second-order valence-corrected chi connectivity index (χ2v) is 7.38. The quantitative estimate of drug-likeness (QED) is 0.692. The molecular formula is C13H23ClOS. The number of halogens is 1. The minimum atomic E-state index is 0.0887. The van der Waals surface area contributed by atoms with Gasteiger partial charge in [0.25, 0.3) is 0 Å². The van der Waals surface area contributed by atoms with Gasteiger partial charge in [0.1, 0.15) is 4.93 Å². The van der Waals surface area contributed by atoms with Crippen LogP contribution < -0.4 is 0 Å². The van der Waals surface area contributed by atoms with Gasteiger partial charge in [-0.3, -0.25) is 0 Å². The van der Waals surface area contributed by atoms with Crippen LogP contribution in [0.1, 0.15) is 40.0 Å². The molecule has 1 spiro atoms. The Morgan fingerprint density at radius 3 is 2.75 bits per heavy atom. The van der Waals surface area contributed by atoms with Gasteiger partial charge in [0.15, 0.2) is 0 Å². The largest absolute Gasteiger partial charge is 0.359 e. The van der Waals surface area contributed by atoms with E-state index in [9.17, 15) is 0 Å². The first-order valence-electron chi connectivity index (χ1n) is 6.45. The number of rotatable bonds is 2. The molecule has 0 bridgehead atoms. The van der Waals surface area contributed by atoms with E-state index in [4.69, 9.17) is 16.3 Å². The van der Waals surface area contributed by atoms with E-state index in [0.29, 0.717) is 17.7 Å². The van der Waals surface area contributed by atoms with E-state index in [1.54, 1.807) is 0 Å². The van der Waals surface area contributed by atoms with Crippen LogP contribution in [0.2, 0.25) is 0 Å². The third-order valence-corrected chi connectivity index (χ3v) is 5.96.